The van der Waals surface area contributed by atoms with Gasteiger partial charge in [0.1, 0.15) is 5.75 Å². The molecule has 0 amide bonds. The fourth-order valence-electron chi connectivity index (χ4n) is 2.43. The van der Waals surface area contributed by atoms with Gasteiger partial charge in [-0.3, -0.25) is 0 Å². The second kappa shape index (κ2) is 8.75. The lowest BCUT2D eigenvalue weighted by molar-refractivity contribution is -0.0512. The fourth-order valence-corrected chi connectivity index (χ4v) is 2.61. The average Bonchev–Trinajstić information content (AvgIpc) is 3.15. The molecule has 7 nitrogen and oxygen atoms in total. The molecule has 10 heteroatoms. The van der Waals surface area contributed by atoms with Gasteiger partial charge in [-0.1, -0.05) is 16.8 Å². The Labute approximate surface area is 164 Å². The number of anilines is 1. The van der Waals surface area contributed by atoms with Crippen molar-refractivity contribution in [2.75, 3.05) is 19.5 Å². The molecule has 0 saturated carbocycles. The molecule has 148 valence electrons. The molecule has 0 atom stereocenters. The predicted octanol–water partition coefficient (Wildman–Crippen LogP) is 4.62. The summed E-state index contributed by atoms with van der Waals surface area (Å²) in [5, 5.41) is 7.55. The third-order valence-corrected chi connectivity index (χ3v) is 3.93. The van der Waals surface area contributed by atoms with Crippen molar-refractivity contribution in [3.63, 3.8) is 0 Å². The Kier molecular flexibility index (Phi) is 6.15. The first-order valence-electron chi connectivity index (χ1n) is 8.03. The van der Waals surface area contributed by atoms with Gasteiger partial charge in [-0.25, -0.2) is 0 Å². The van der Waals surface area contributed by atoms with Crippen molar-refractivity contribution in [1.82, 2.24) is 10.1 Å². The Hall–Kier alpha value is -3.07. The summed E-state index contributed by atoms with van der Waals surface area (Å²) in [6.45, 7) is -2.72. The molecule has 0 unspecified atom stereocenters. The molecule has 3 aromatic rings. The highest BCUT2D eigenvalue weighted by atomic mass is 35.5. The van der Waals surface area contributed by atoms with Gasteiger partial charge in [0, 0.05) is 10.6 Å². The first-order valence-corrected chi connectivity index (χ1v) is 8.41. The Balaban J connectivity index is 1.74. The molecule has 0 aliphatic rings. The molecule has 0 aliphatic carbocycles. The van der Waals surface area contributed by atoms with Crippen LogP contribution in [-0.2, 0) is 6.54 Å². The highest BCUT2D eigenvalue weighted by Gasteiger charge is 2.15. The maximum Gasteiger partial charge on any atom is 0.387 e. The van der Waals surface area contributed by atoms with E-state index in [4.69, 9.17) is 25.6 Å². The Morgan fingerprint density at radius 2 is 1.82 bits per heavy atom. The van der Waals surface area contributed by atoms with E-state index >= 15 is 0 Å². The van der Waals surface area contributed by atoms with Crippen LogP contribution in [0.2, 0.25) is 5.02 Å². The third-order valence-electron chi connectivity index (χ3n) is 3.70. The molecule has 0 saturated heterocycles. The number of benzene rings is 2. The SMILES string of the molecule is COc1ccc(Cl)cc1NCc1nc(-c2ccc(OC(F)F)c(OC)c2)no1. The summed E-state index contributed by atoms with van der Waals surface area (Å²) in [6.07, 6.45) is 0. The topological polar surface area (TPSA) is 78.6 Å². The minimum Gasteiger partial charge on any atom is -0.495 e. The molecule has 0 fully saturated rings. The minimum absolute atomic E-state index is 0.0836. The Morgan fingerprint density at radius 1 is 1.07 bits per heavy atom. The second-order valence-corrected chi connectivity index (χ2v) is 5.89. The van der Waals surface area contributed by atoms with E-state index in [1.807, 2.05) is 0 Å². The van der Waals surface area contributed by atoms with Crippen molar-refractivity contribution in [3.05, 3.63) is 47.3 Å². The molecule has 2 aromatic carbocycles. The van der Waals surface area contributed by atoms with E-state index in [0.29, 0.717) is 27.9 Å². The van der Waals surface area contributed by atoms with Crippen molar-refractivity contribution in [3.8, 4) is 28.6 Å². The smallest absolute Gasteiger partial charge is 0.387 e. The van der Waals surface area contributed by atoms with E-state index in [1.54, 1.807) is 25.3 Å². The number of halogens is 3. The lowest BCUT2D eigenvalue weighted by Crippen LogP contribution is -2.03. The lowest BCUT2D eigenvalue weighted by Gasteiger charge is -2.10. The molecule has 0 aliphatic heterocycles. The molecular weight excluding hydrogens is 396 g/mol. The summed E-state index contributed by atoms with van der Waals surface area (Å²) in [4.78, 5) is 4.28. The molecule has 1 heterocycles. The molecule has 28 heavy (non-hydrogen) atoms. The number of aromatic nitrogens is 2. The van der Waals surface area contributed by atoms with Crippen LogP contribution in [0.15, 0.2) is 40.9 Å². The molecule has 1 aromatic heterocycles. The maximum atomic E-state index is 12.4. The number of hydrogen-bond acceptors (Lipinski definition) is 7. The standard InChI is InChI=1S/C18H16ClF2N3O4/c1-25-13-6-4-11(19)8-12(13)22-9-16-23-17(24-28-16)10-3-5-14(27-18(20)21)15(7-10)26-2/h3-8,18,22H,9H2,1-2H3. The van der Waals surface area contributed by atoms with Crippen LogP contribution in [0.1, 0.15) is 5.89 Å². The first kappa shape index (κ1) is 19.7. The van der Waals surface area contributed by atoms with Gasteiger partial charge in [-0.15, -0.1) is 0 Å². The number of rotatable bonds is 8. The van der Waals surface area contributed by atoms with Gasteiger partial charge < -0.3 is 24.1 Å². The summed E-state index contributed by atoms with van der Waals surface area (Å²) in [5.41, 5.74) is 1.19. The molecule has 0 spiro atoms. The summed E-state index contributed by atoms with van der Waals surface area (Å²) >= 11 is 6.00. The number of methoxy groups -OCH3 is 2. The number of ether oxygens (including phenoxy) is 3. The fraction of sp³-hybridized carbons (Fsp3) is 0.222. The first-order chi connectivity index (χ1) is 13.5. The highest BCUT2D eigenvalue weighted by molar-refractivity contribution is 6.30. The van der Waals surface area contributed by atoms with E-state index in [0.717, 1.165) is 0 Å². The van der Waals surface area contributed by atoms with Gasteiger partial charge in [0.05, 0.1) is 26.5 Å². The molecule has 3 rings (SSSR count). The third kappa shape index (κ3) is 4.61. The van der Waals surface area contributed by atoms with Crippen molar-refractivity contribution < 1.29 is 27.5 Å². The zero-order valence-electron chi connectivity index (χ0n) is 14.9. The summed E-state index contributed by atoms with van der Waals surface area (Å²) < 4.78 is 44.8. The van der Waals surface area contributed by atoms with Crippen LogP contribution in [0.3, 0.4) is 0 Å². The van der Waals surface area contributed by atoms with Crippen LogP contribution >= 0.6 is 11.6 Å². The Bertz CT molecular complexity index is 952. The zero-order chi connectivity index (χ0) is 20.1. The van der Waals surface area contributed by atoms with E-state index in [9.17, 15) is 8.78 Å². The van der Waals surface area contributed by atoms with Gasteiger partial charge in [0.15, 0.2) is 11.5 Å². The average molecular weight is 412 g/mol. The van der Waals surface area contributed by atoms with E-state index in [1.165, 1.54) is 25.3 Å². The number of nitrogens with one attached hydrogen (secondary N) is 1. The normalized spacial score (nSPS) is 10.8. The largest absolute Gasteiger partial charge is 0.495 e. The van der Waals surface area contributed by atoms with Gasteiger partial charge in [-0.2, -0.15) is 13.8 Å². The van der Waals surface area contributed by atoms with E-state index in [2.05, 4.69) is 20.2 Å². The van der Waals surface area contributed by atoms with Gasteiger partial charge in [-0.05, 0) is 36.4 Å². The van der Waals surface area contributed by atoms with Crippen molar-refractivity contribution in [1.29, 1.82) is 0 Å². The van der Waals surface area contributed by atoms with Crippen LogP contribution in [0, 0.1) is 0 Å². The van der Waals surface area contributed by atoms with Gasteiger partial charge >= 0.3 is 6.61 Å². The molecule has 1 N–H and O–H groups in total. The lowest BCUT2D eigenvalue weighted by atomic mass is 10.2. The van der Waals surface area contributed by atoms with E-state index < -0.39 is 6.61 Å². The van der Waals surface area contributed by atoms with Gasteiger partial charge in [0.25, 0.3) is 0 Å². The summed E-state index contributed by atoms with van der Waals surface area (Å²) in [5.74, 6) is 1.25. The number of alkyl halides is 2. The maximum absolute atomic E-state index is 12.4. The molecular formula is C18H16ClF2N3O4. The van der Waals surface area contributed by atoms with Crippen molar-refractivity contribution in [2.45, 2.75) is 13.2 Å². The summed E-state index contributed by atoms with van der Waals surface area (Å²) in [6, 6.07) is 9.53. The van der Waals surface area contributed by atoms with Gasteiger partial charge in [0.2, 0.25) is 11.7 Å². The van der Waals surface area contributed by atoms with Crippen LogP contribution in [-0.4, -0.2) is 31.0 Å². The van der Waals surface area contributed by atoms with Crippen LogP contribution in [0.4, 0.5) is 14.5 Å². The minimum atomic E-state index is -2.95. The highest BCUT2D eigenvalue weighted by Crippen LogP contribution is 2.33. The number of hydrogen-bond donors (Lipinski definition) is 1. The van der Waals surface area contributed by atoms with Crippen molar-refractivity contribution >= 4 is 17.3 Å². The van der Waals surface area contributed by atoms with Crippen LogP contribution < -0.4 is 19.5 Å². The summed E-state index contributed by atoms with van der Waals surface area (Å²) in [7, 11) is 2.90. The number of nitrogens with zero attached hydrogens (tertiary/aromatic N) is 2. The second-order valence-electron chi connectivity index (χ2n) is 5.45. The zero-order valence-corrected chi connectivity index (χ0v) is 15.7. The predicted molar refractivity (Wildman–Crippen MR) is 98.2 cm³/mol. The van der Waals surface area contributed by atoms with Crippen molar-refractivity contribution in [2.24, 2.45) is 0 Å². The van der Waals surface area contributed by atoms with Crippen LogP contribution in [0.25, 0.3) is 11.4 Å². The molecule has 0 bridgehead atoms. The molecule has 0 radical (unpaired) electrons. The Morgan fingerprint density at radius 3 is 2.54 bits per heavy atom. The monoisotopic (exact) mass is 411 g/mol. The van der Waals surface area contributed by atoms with E-state index in [-0.39, 0.29) is 23.9 Å². The van der Waals surface area contributed by atoms with Crippen LogP contribution in [0.5, 0.6) is 17.2 Å². The quantitative estimate of drug-likeness (QED) is 0.579.